The Labute approximate surface area is 159 Å². The van der Waals surface area contributed by atoms with E-state index in [9.17, 15) is 9.18 Å². The van der Waals surface area contributed by atoms with Gasteiger partial charge in [0, 0.05) is 5.69 Å². The first-order valence-electron chi connectivity index (χ1n) is 7.83. The van der Waals surface area contributed by atoms with Crippen molar-refractivity contribution in [2.24, 2.45) is 0 Å². The average molecular weight is 386 g/mol. The molecule has 0 aliphatic heterocycles. The molecule has 1 heterocycles. The van der Waals surface area contributed by atoms with Crippen LogP contribution in [0.5, 0.6) is 5.75 Å². The zero-order chi connectivity index (χ0) is 19.4. The molecule has 0 spiro atoms. The summed E-state index contributed by atoms with van der Waals surface area (Å²) in [6.07, 6.45) is 0. The molecule has 6 nitrogen and oxygen atoms in total. The van der Waals surface area contributed by atoms with E-state index in [-0.39, 0.29) is 34.2 Å². The van der Waals surface area contributed by atoms with Crippen LogP contribution in [-0.2, 0) is 0 Å². The first-order valence-corrected chi connectivity index (χ1v) is 8.21. The van der Waals surface area contributed by atoms with Gasteiger partial charge in [0.15, 0.2) is 6.61 Å². The normalized spacial score (nSPS) is 10.3. The maximum absolute atomic E-state index is 14.2. The molecule has 0 radical (unpaired) electrons. The standard InChI is InChI=1S/C19H13ClFN3O3/c1-11-16(18(24-27-11)17-14(20)3-2-4-15(17)21)19(25)23-12-5-7-13(8-6-12)26-10-9-22/h2-8H,10H2,1H3,(H,23,25). The van der Waals surface area contributed by atoms with Crippen molar-refractivity contribution in [2.75, 3.05) is 11.9 Å². The minimum Gasteiger partial charge on any atom is -0.479 e. The van der Waals surface area contributed by atoms with E-state index < -0.39 is 11.7 Å². The summed E-state index contributed by atoms with van der Waals surface area (Å²) < 4.78 is 24.5. The topological polar surface area (TPSA) is 88.2 Å². The molecule has 0 atom stereocenters. The first kappa shape index (κ1) is 18.4. The molecule has 8 heteroatoms. The Bertz CT molecular complexity index is 1010. The van der Waals surface area contributed by atoms with Crippen molar-refractivity contribution in [3.63, 3.8) is 0 Å². The van der Waals surface area contributed by atoms with Gasteiger partial charge in [-0.2, -0.15) is 5.26 Å². The Kier molecular flexibility index (Phi) is 5.38. The van der Waals surface area contributed by atoms with Crippen LogP contribution in [0.4, 0.5) is 10.1 Å². The monoisotopic (exact) mass is 385 g/mol. The van der Waals surface area contributed by atoms with E-state index in [0.29, 0.717) is 11.4 Å². The van der Waals surface area contributed by atoms with Crippen LogP contribution < -0.4 is 10.1 Å². The minimum atomic E-state index is -0.608. The van der Waals surface area contributed by atoms with Crippen molar-refractivity contribution in [2.45, 2.75) is 6.92 Å². The van der Waals surface area contributed by atoms with Crippen molar-refractivity contribution >= 4 is 23.2 Å². The van der Waals surface area contributed by atoms with Crippen molar-refractivity contribution in [3.8, 4) is 23.1 Å². The van der Waals surface area contributed by atoms with E-state index in [1.54, 1.807) is 31.2 Å². The Hall–Kier alpha value is -3.37. The molecule has 136 valence electrons. The van der Waals surface area contributed by atoms with Crippen molar-refractivity contribution in [1.29, 1.82) is 5.26 Å². The van der Waals surface area contributed by atoms with Crippen LogP contribution in [0.1, 0.15) is 16.1 Å². The van der Waals surface area contributed by atoms with Crippen LogP contribution in [-0.4, -0.2) is 17.7 Å². The Morgan fingerprint density at radius 1 is 1.33 bits per heavy atom. The lowest BCUT2D eigenvalue weighted by molar-refractivity contribution is 0.102. The van der Waals surface area contributed by atoms with Gasteiger partial charge in [-0.15, -0.1) is 0 Å². The summed E-state index contributed by atoms with van der Waals surface area (Å²) in [6.45, 7) is 1.48. The Balaban J connectivity index is 1.88. The molecule has 3 rings (SSSR count). The number of halogens is 2. The van der Waals surface area contributed by atoms with Crippen molar-refractivity contribution < 1.29 is 18.4 Å². The maximum atomic E-state index is 14.2. The molecular weight excluding hydrogens is 373 g/mol. The van der Waals surface area contributed by atoms with E-state index in [1.165, 1.54) is 18.2 Å². The summed E-state index contributed by atoms with van der Waals surface area (Å²) in [7, 11) is 0. The molecule has 1 aromatic heterocycles. The lowest BCUT2D eigenvalue weighted by Gasteiger charge is -2.08. The van der Waals surface area contributed by atoms with Crippen LogP contribution in [0.3, 0.4) is 0 Å². The van der Waals surface area contributed by atoms with Crippen LogP contribution in [0.25, 0.3) is 11.3 Å². The number of hydrogen-bond donors (Lipinski definition) is 1. The number of aromatic nitrogens is 1. The molecule has 0 saturated carbocycles. The summed E-state index contributed by atoms with van der Waals surface area (Å²) in [5, 5.41) is 15.1. The number of benzene rings is 2. The van der Waals surface area contributed by atoms with Gasteiger partial charge in [0.1, 0.15) is 34.7 Å². The molecule has 0 aliphatic carbocycles. The molecule has 0 aliphatic rings. The minimum absolute atomic E-state index is 0.00131. The zero-order valence-electron chi connectivity index (χ0n) is 14.1. The van der Waals surface area contributed by atoms with E-state index in [1.807, 2.05) is 6.07 Å². The van der Waals surface area contributed by atoms with Gasteiger partial charge < -0.3 is 14.6 Å². The number of nitrogens with one attached hydrogen (secondary N) is 1. The number of carbonyl (C=O) groups excluding carboxylic acids is 1. The molecule has 1 amide bonds. The highest BCUT2D eigenvalue weighted by atomic mass is 35.5. The largest absolute Gasteiger partial charge is 0.479 e. The maximum Gasteiger partial charge on any atom is 0.261 e. The number of nitriles is 1. The SMILES string of the molecule is Cc1onc(-c2c(F)cccc2Cl)c1C(=O)Nc1ccc(OCC#N)cc1. The predicted octanol–water partition coefficient (Wildman–Crippen LogP) is 4.60. The zero-order valence-corrected chi connectivity index (χ0v) is 14.9. The first-order chi connectivity index (χ1) is 13.0. The molecule has 1 N–H and O–H groups in total. The molecular formula is C19H13ClFN3O3. The highest BCUT2D eigenvalue weighted by Gasteiger charge is 2.25. The molecule has 27 heavy (non-hydrogen) atoms. The van der Waals surface area contributed by atoms with Crippen LogP contribution in [0, 0.1) is 24.1 Å². The fourth-order valence-electron chi connectivity index (χ4n) is 2.48. The fourth-order valence-corrected chi connectivity index (χ4v) is 2.73. The summed E-state index contributed by atoms with van der Waals surface area (Å²) in [4.78, 5) is 12.7. The summed E-state index contributed by atoms with van der Waals surface area (Å²) >= 11 is 6.08. The van der Waals surface area contributed by atoms with Gasteiger partial charge in [-0.1, -0.05) is 22.8 Å². The van der Waals surface area contributed by atoms with Gasteiger partial charge in [0.25, 0.3) is 5.91 Å². The number of hydrogen-bond acceptors (Lipinski definition) is 5. The number of ether oxygens (including phenoxy) is 1. The fraction of sp³-hybridized carbons (Fsp3) is 0.105. The predicted molar refractivity (Wildman–Crippen MR) is 97.1 cm³/mol. The summed E-state index contributed by atoms with van der Waals surface area (Å²) in [5.74, 6) is -0.400. The second-order valence-corrected chi connectivity index (χ2v) is 5.89. The van der Waals surface area contributed by atoms with Gasteiger partial charge in [-0.3, -0.25) is 4.79 Å². The van der Waals surface area contributed by atoms with Crippen LogP contribution >= 0.6 is 11.6 Å². The highest BCUT2D eigenvalue weighted by Crippen LogP contribution is 2.33. The molecule has 3 aromatic rings. The van der Waals surface area contributed by atoms with E-state index in [0.717, 1.165) is 0 Å². The van der Waals surface area contributed by atoms with Gasteiger partial charge in [0.2, 0.25) is 0 Å². The van der Waals surface area contributed by atoms with E-state index in [4.69, 9.17) is 26.1 Å². The smallest absolute Gasteiger partial charge is 0.261 e. The summed E-state index contributed by atoms with van der Waals surface area (Å²) in [5.41, 5.74) is 0.603. The summed E-state index contributed by atoms with van der Waals surface area (Å²) in [6, 6.07) is 12.5. The molecule has 0 unspecified atom stereocenters. The third kappa shape index (κ3) is 3.91. The second kappa shape index (κ2) is 7.89. The van der Waals surface area contributed by atoms with E-state index in [2.05, 4.69) is 10.5 Å². The highest BCUT2D eigenvalue weighted by molar-refractivity contribution is 6.33. The number of rotatable bonds is 5. The van der Waals surface area contributed by atoms with Crippen molar-refractivity contribution in [3.05, 3.63) is 64.6 Å². The van der Waals surface area contributed by atoms with E-state index >= 15 is 0 Å². The Morgan fingerprint density at radius 3 is 2.74 bits per heavy atom. The number of amides is 1. The van der Waals surface area contributed by atoms with Gasteiger partial charge in [-0.05, 0) is 43.3 Å². The third-order valence-corrected chi connectivity index (χ3v) is 4.02. The third-order valence-electron chi connectivity index (χ3n) is 3.70. The van der Waals surface area contributed by atoms with Crippen LogP contribution in [0.15, 0.2) is 47.0 Å². The van der Waals surface area contributed by atoms with Gasteiger partial charge >= 0.3 is 0 Å². The number of anilines is 1. The van der Waals surface area contributed by atoms with Crippen molar-refractivity contribution in [1.82, 2.24) is 5.16 Å². The molecule has 0 fully saturated rings. The molecule has 0 bridgehead atoms. The number of nitrogens with zero attached hydrogens (tertiary/aromatic N) is 2. The lowest BCUT2D eigenvalue weighted by Crippen LogP contribution is -2.13. The Morgan fingerprint density at radius 2 is 2.07 bits per heavy atom. The lowest BCUT2D eigenvalue weighted by atomic mass is 10.0. The van der Waals surface area contributed by atoms with Gasteiger partial charge in [-0.25, -0.2) is 4.39 Å². The number of aryl methyl sites for hydroxylation is 1. The number of carbonyl (C=O) groups is 1. The molecule has 0 saturated heterocycles. The quantitative estimate of drug-likeness (QED) is 0.693. The average Bonchev–Trinajstić information content (AvgIpc) is 3.02. The molecule has 2 aromatic carbocycles. The second-order valence-electron chi connectivity index (χ2n) is 5.48. The van der Waals surface area contributed by atoms with Crippen LogP contribution in [0.2, 0.25) is 5.02 Å². The van der Waals surface area contributed by atoms with Gasteiger partial charge in [0.05, 0.1) is 10.6 Å².